The van der Waals surface area contributed by atoms with Crippen molar-refractivity contribution in [2.45, 2.75) is 19.0 Å². The SMILES string of the molecule is COC(=O)/C=c1\sc2n(c1=O)C(c1cc(OC)c(OC)c(OC)c1)C1=C(N=2)c2cccn2CC1. The Balaban J connectivity index is 1.83. The quantitative estimate of drug-likeness (QED) is 0.516. The fraction of sp³-hybridized carbons (Fsp3) is 0.292. The molecule has 0 N–H and O–H groups in total. The number of hydrogen-bond donors (Lipinski definition) is 0. The third kappa shape index (κ3) is 3.33. The van der Waals surface area contributed by atoms with Gasteiger partial charge in [-0.05, 0) is 41.8 Å². The second-order valence-corrected chi connectivity index (χ2v) is 8.78. The molecule has 2 aliphatic heterocycles. The number of aryl methyl sites for hydroxylation is 1. The number of carbonyl (C=O) groups excluding carboxylic acids is 1. The summed E-state index contributed by atoms with van der Waals surface area (Å²) in [5.41, 5.74) is 3.32. The number of methoxy groups -OCH3 is 4. The van der Waals surface area contributed by atoms with Gasteiger partial charge in [0.1, 0.15) is 4.53 Å². The minimum atomic E-state index is -0.591. The fourth-order valence-corrected chi connectivity index (χ4v) is 5.52. The largest absolute Gasteiger partial charge is 0.493 e. The molecule has 0 bridgehead atoms. The predicted molar refractivity (Wildman–Crippen MR) is 126 cm³/mol. The Morgan fingerprint density at radius 3 is 2.53 bits per heavy atom. The molecule has 1 aromatic carbocycles. The van der Waals surface area contributed by atoms with E-state index in [1.807, 2.05) is 30.5 Å². The summed E-state index contributed by atoms with van der Waals surface area (Å²) >= 11 is 1.16. The smallest absolute Gasteiger partial charge is 0.332 e. The van der Waals surface area contributed by atoms with Gasteiger partial charge in [-0.2, -0.15) is 0 Å². The standard InChI is InChI=1S/C24H23N3O6S/c1-30-16-10-13(11-17(31-2)22(16)33-4)21-14-7-9-26-8-5-6-15(26)20(14)25-24-27(21)23(29)18(34-24)12-19(28)32-3/h5-6,8,10-12,21H,7,9H2,1-4H3/b18-12-. The van der Waals surface area contributed by atoms with Crippen molar-refractivity contribution in [3.63, 3.8) is 0 Å². The van der Waals surface area contributed by atoms with Gasteiger partial charge < -0.3 is 23.5 Å². The molecule has 2 aromatic heterocycles. The van der Waals surface area contributed by atoms with Crippen LogP contribution in [0.15, 0.2) is 45.8 Å². The Morgan fingerprint density at radius 1 is 1.15 bits per heavy atom. The Hall–Kier alpha value is -3.79. The van der Waals surface area contributed by atoms with E-state index in [2.05, 4.69) is 4.57 Å². The highest BCUT2D eigenvalue weighted by Crippen LogP contribution is 2.44. The second kappa shape index (κ2) is 8.53. The van der Waals surface area contributed by atoms with Crippen LogP contribution in [0.5, 0.6) is 17.2 Å². The van der Waals surface area contributed by atoms with Gasteiger partial charge >= 0.3 is 5.97 Å². The van der Waals surface area contributed by atoms with Crippen molar-refractivity contribution in [2.75, 3.05) is 28.4 Å². The number of carbonyl (C=O) groups is 1. The predicted octanol–water partition coefficient (Wildman–Crippen LogP) is 1.73. The molecule has 3 aromatic rings. The molecule has 0 fully saturated rings. The highest BCUT2D eigenvalue weighted by Gasteiger charge is 2.34. The molecule has 4 heterocycles. The number of rotatable bonds is 5. The minimum Gasteiger partial charge on any atom is -0.493 e. The Labute approximate surface area is 198 Å². The van der Waals surface area contributed by atoms with E-state index in [1.165, 1.54) is 13.2 Å². The van der Waals surface area contributed by atoms with E-state index in [0.717, 1.165) is 40.4 Å². The normalized spacial score (nSPS) is 16.8. The zero-order chi connectivity index (χ0) is 24.0. The van der Waals surface area contributed by atoms with Gasteiger partial charge in [0.15, 0.2) is 16.3 Å². The summed E-state index contributed by atoms with van der Waals surface area (Å²) in [5, 5.41) is 0. The van der Waals surface area contributed by atoms with Gasteiger partial charge in [0, 0.05) is 18.8 Å². The highest BCUT2D eigenvalue weighted by atomic mass is 32.1. The first-order chi connectivity index (χ1) is 16.5. The molecule has 0 radical (unpaired) electrons. The number of thiazole rings is 1. The van der Waals surface area contributed by atoms with E-state index in [4.69, 9.17) is 23.9 Å². The maximum absolute atomic E-state index is 13.5. The summed E-state index contributed by atoms with van der Waals surface area (Å²) in [7, 11) is 5.94. The third-order valence-corrected chi connectivity index (χ3v) is 7.07. The Morgan fingerprint density at radius 2 is 1.88 bits per heavy atom. The van der Waals surface area contributed by atoms with Crippen LogP contribution in [0.1, 0.15) is 23.7 Å². The second-order valence-electron chi connectivity index (χ2n) is 7.78. The lowest BCUT2D eigenvalue weighted by Crippen LogP contribution is -2.39. The molecule has 1 atom stereocenters. The maximum Gasteiger partial charge on any atom is 0.332 e. The molecule has 2 aliphatic rings. The molecule has 0 spiro atoms. The van der Waals surface area contributed by atoms with Gasteiger partial charge in [-0.1, -0.05) is 11.3 Å². The summed E-state index contributed by atoms with van der Waals surface area (Å²) in [4.78, 5) is 30.8. The number of ether oxygens (including phenoxy) is 4. The van der Waals surface area contributed by atoms with Crippen molar-refractivity contribution in [3.8, 4) is 17.2 Å². The van der Waals surface area contributed by atoms with E-state index >= 15 is 0 Å². The molecule has 0 saturated carbocycles. The number of allylic oxidation sites excluding steroid dienone is 1. The zero-order valence-corrected chi connectivity index (χ0v) is 20.0. The van der Waals surface area contributed by atoms with Crippen LogP contribution in [-0.4, -0.2) is 43.5 Å². The molecular formula is C24H23N3O6S. The van der Waals surface area contributed by atoms with Crippen molar-refractivity contribution in [3.05, 3.63) is 67.0 Å². The summed E-state index contributed by atoms with van der Waals surface area (Å²) in [5.74, 6) is 0.865. The van der Waals surface area contributed by atoms with Gasteiger partial charge in [-0.25, -0.2) is 9.79 Å². The van der Waals surface area contributed by atoms with Gasteiger partial charge in [0.05, 0.1) is 45.9 Å². The fourth-order valence-electron chi connectivity index (χ4n) is 4.56. The van der Waals surface area contributed by atoms with Crippen LogP contribution in [0.3, 0.4) is 0 Å². The van der Waals surface area contributed by atoms with Crippen molar-refractivity contribution >= 4 is 29.1 Å². The average molecular weight is 482 g/mol. The van der Waals surface area contributed by atoms with E-state index < -0.39 is 12.0 Å². The monoisotopic (exact) mass is 481 g/mol. The first kappa shape index (κ1) is 22.0. The third-order valence-electron chi connectivity index (χ3n) is 6.08. The molecule has 1 unspecified atom stereocenters. The average Bonchev–Trinajstić information content (AvgIpc) is 3.46. The topological polar surface area (TPSA) is 93.3 Å². The molecular weight excluding hydrogens is 458 g/mol. The van der Waals surface area contributed by atoms with E-state index in [9.17, 15) is 9.59 Å². The zero-order valence-electron chi connectivity index (χ0n) is 19.2. The first-order valence-electron chi connectivity index (χ1n) is 10.6. The summed E-state index contributed by atoms with van der Waals surface area (Å²) < 4.78 is 25.4. The Kier molecular flexibility index (Phi) is 5.52. The molecule has 0 aliphatic carbocycles. The molecule has 10 heteroatoms. The van der Waals surface area contributed by atoms with E-state index in [0.29, 0.717) is 28.5 Å². The summed E-state index contributed by atoms with van der Waals surface area (Å²) in [6.45, 7) is 0.771. The highest BCUT2D eigenvalue weighted by molar-refractivity contribution is 7.07. The number of hydrogen-bond acceptors (Lipinski definition) is 8. The van der Waals surface area contributed by atoms with Crippen LogP contribution in [0.25, 0.3) is 11.8 Å². The maximum atomic E-state index is 13.5. The van der Waals surface area contributed by atoms with Gasteiger partial charge in [-0.3, -0.25) is 9.36 Å². The lowest BCUT2D eigenvalue weighted by molar-refractivity contribution is -0.133. The first-order valence-corrected chi connectivity index (χ1v) is 11.4. The summed E-state index contributed by atoms with van der Waals surface area (Å²) in [6, 6.07) is 7.26. The molecule has 0 amide bonds. The molecule has 5 rings (SSSR count). The molecule has 176 valence electrons. The number of aromatic nitrogens is 2. The van der Waals surface area contributed by atoms with Gasteiger partial charge in [0.2, 0.25) is 5.75 Å². The minimum absolute atomic E-state index is 0.262. The van der Waals surface area contributed by atoms with Crippen LogP contribution in [0.2, 0.25) is 0 Å². The van der Waals surface area contributed by atoms with Gasteiger partial charge in [-0.15, -0.1) is 0 Å². The van der Waals surface area contributed by atoms with Crippen LogP contribution >= 0.6 is 11.3 Å². The van der Waals surface area contributed by atoms with Crippen LogP contribution in [-0.2, 0) is 16.1 Å². The number of nitrogens with zero attached hydrogens (tertiary/aromatic N) is 3. The van der Waals surface area contributed by atoms with Crippen molar-refractivity contribution in [1.29, 1.82) is 0 Å². The lowest BCUT2D eigenvalue weighted by Gasteiger charge is -2.31. The van der Waals surface area contributed by atoms with Crippen molar-refractivity contribution in [1.82, 2.24) is 9.13 Å². The number of benzene rings is 1. The van der Waals surface area contributed by atoms with E-state index in [1.54, 1.807) is 25.9 Å². The number of esters is 1. The molecule has 9 nitrogen and oxygen atoms in total. The van der Waals surface area contributed by atoms with Crippen LogP contribution < -0.4 is 29.1 Å². The van der Waals surface area contributed by atoms with Crippen LogP contribution in [0.4, 0.5) is 0 Å². The molecule has 34 heavy (non-hydrogen) atoms. The summed E-state index contributed by atoms with van der Waals surface area (Å²) in [6.07, 6.45) is 3.94. The Bertz CT molecular complexity index is 1480. The van der Waals surface area contributed by atoms with E-state index in [-0.39, 0.29) is 10.1 Å². The number of fused-ring (bicyclic) bond motifs is 3. The molecule has 0 saturated heterocycles. The van der Waals surface area contributed by atoms with Crippen molar-refractivity contribution in [2.24, 2.45) is 4.99 Å². The van der Waals surface area contributed by atoms with Gasteiger partial charge in [0.25, 0.3) is 5.56 Å². The van der Waals surface area contributed by atoms with Crippen molar-refractivity contribution < 1.29 is 23.7 Å². The van der Waals surface area contributed by atoms with Crippen LogP contribution in [0, 0.1) is 0 Å². The lowest BCUT2D eigenvalue weighted by atomic mass is 9.90.